The summed E-state index contributed by atoms with van der Waals surface area (Å²) < 4.78 is 0. The van der Waals surface area contributed by atoms with E-state index in [-0.39, 0.29) is 0 Å². The Bertz CT molecular complexity index is 268. The van der Waals surface area contributed by atoms with Crippen LogP contribution in [0, 0.1) is 13.8 Å². The lowest BCUT2D eigenvalue weighted by Gasteiger charge is -2.02. The number of aromatic nitrogens is 1. The van der Waals surface area contributed by atoms with E-state index >= 15 is 0 Å². The lowest BCUT2D eigenvalue weighted by molar-refractivity contribution is 0.618. The number of hydrogen-bond acceptors (Lipinski definition) is 3. The number of rotatable bonds is 6. The Morgan fingerprint density at radius 2 is 2.07 bits per heavy atom. The molecule has 1 N–H and O–H groups in total. The fourth-order valence-corrected chi connectivity index (χ4v) is 2.35. The first kappa shape index (κ1) is 11.7. The summed E-state index contributed by atoms with van der Waals surface area (Å²) >= 11 is 1.80. The second-order valence-electron chi connectivity index (χ2n) is 3.63. The van der Waals surface area contributed by atoms with Gasteiger partial charge in [-0.15, -0.1) is 11.3 Å². The van der Waals surface area contributed by atoms with Crippen molar-refractivity contribution in [3.63, 3.8) is 0 Å². The molecule has 0 fully saturated rings. The van der Waals surface area contributed by atoms with Crippen molar-refractivity contribution in [2.24, 2.45) is 0 Å². The number of unbranched alkanes of at least 4 members (excludes halogenated alkanes) is 2. The minimum atomic E-state index is 0.987. The molecule has 0 saturated heterocycles. The molecule has 1 rings (SSSR count). The van der Waals surface area contributed by atoms with Gasteiger partial charge in [0.15, 0.2) is 0 Å². The monoisotopic (exact) mass is 212 g/mol. The van der Waals surface area contributed by atoms with Gasteiger partial charge in [0.1, 0.15) is 0 Å². The fourth-order valence-electron chi connectivity index (χ4n) is 1.44. The van der Waals surface area contributed by atoms with E-state index in [0.29, 0.717) is 0 Å². The quantitative estimate of drug-likeness (QED) is 0.733. The summed E-state index contributed by atoms with van der Waals surface area (Å²) in [5, 5.41) is 4.64. The first-order valence-corrected chi connectivity index (χ1v) is 6.19. The topological polar surface area (TPSA) is 24.9 Å². The van der Waals surface area contributed by atoms with Crippen molar-refractivity contribution < 1.29 is 0 Å². The van der Waals surface area contributed by atoms with Gasteiger partial charge in [-0.25, -0.2) is 4.98 Å². The highest BCUT2D eigenvalue weighted by Gasteiger charge is 2.02. The number of nitrogens with zero attached hydrogens (tertiary/aromatic N) is 1. The predicted octanol–water partition coefficient (Wildman–Crippen LogP) is 3.04. The maximum Gasteiger partial charge on any atom is 0.0900 e. The van der Waals surface area contributed by atoms with Crippen LogP contribution in [-0.2, 0) is 6.54 Å². The van der Waals surface area contributed by atoms with Gasteiger partial charge >= 0.3 is 0 Å². The van der Waals surface area contributed by atoms with Gasteiger partial charge in [0.2, 0.25) is 0 Å². The molecule has 0 spiro atoms. The van der Waals surface area contributed by atoms with Crippen molar-refractivity contribution in [1.29, 1.82) is 0 Å². The van der Waals surface area contributed by atoms with E-state index in [1.165, 1.54) is 34.8 Å². The first-order chi connectivity index (χ1) is 6.74. The van der Waals surface area contributed by atoms with Crippen molar-refractivity contribution in [3.8, 4) is 0 Å². The van der Waals surface area contributed by atoms with Crippen molar-refractivity contribution in [2.75, 3.05) is 6.54 Å². The third kappa shape index (κ3) is 3.76. The number of thiazole rings is 1. The molecule has 0 amide bonds. The van der Waals surface area contributed by atoms with Crippen LogP contribution in [0.25, 0.3) is 0 Å². The van der Waals surface area contributed by atoms with Gasteiger partial charge in [-0.3, -0.25) is 0 Å². The molecule has 0 saturated carbocycles. The summed E-state index contributed by atoms with van der Waals surface area (Å²) in [7, 11) is 0. The SMILES string of the molecule is CCCCCNCc1sc(C)nc1C. The van der Waals surface area contributed by atoms with Crippen LogP contribution in [0.1, 0.15) is 41.8 Å². The van der Waals surface area contributed by atoms with Gasteiger partial charge in [-0.1, -0.05) is 19.8 Å². The van der Waals surface area contributed by atoms with E-state index in [2.05, 4.69) is 31.1 Å². The minimum absolute atomic E-state index is 0.987. The predicted molar refractivity (Wildman–Crippen MR) is 62.8 cm³/mol. The summed E-state index contributed by atoms with van der Waals surface area (Å²) in [5.74, 6) is 0. The molecule has 0 aliphatic carbocycles. The van der Waals surface area contributed by atoms with Crippen LogP contribution in [-0.4, -0.2) is 11.5 Å². The lowest BCUT2D eigenvalue weighted by Crippen LogP contribution is -2.14. The van der Waals surface area contributed by atoms with E-state index in [9.17, 15) is 0 Å². The summed E-state index contributed by atoms with van der Waals surface area (Å²) in [6.07, 6.45) is 3.90. The van der Waals surface area contributed by atoms with E-state index < -0.39 is 0 Å². The molecule has 0 aliphatic rings. The second-order valence-corrected chi connectivity index (χ2v) is 4.91. The van der Waals surface area contributed by atoms with Gasteiger partial charge in [-0.05, 0) is 26.8 Å². The van der Waals surface area contributed by atoms with Crippen LogP contribution >= 0.6 is 11.3 Å². The Morgan fingerprint density at radius 3 is 2.64 bits per heavy atom. The Hall–Kier alpha value is -0.410. The zero-order chi connectivity index (χ0) is 10.4. The van der Waals surface area contributed by atoms with Gasteiger partial charge in [0.25, 0.3) is 0 Å². The van der Waals surface area contributed by atoms with Crippen LogP contribution in [0.3, 0.4) is 0 Å². The van der Waals surface area contributed by atoms with Crippen LogP contribution < -0.4 is 5.32 Å². The molecule has 0 unspecified atom stereocenters. The molecule has 14 heavy (non-hydrogen) atoms. The van der Waals surface area contributed by atoms with Crippen molar-refractivity contribution in [3.05, 3.63) is 15.6 Å². The zero-order valence-electron chi connectivity index (χ0n) is 9.39. The van der Waals surface area contributed by atoms with Crippen LogP contribution in [0.5, 0.6) is 0 Å². The molecule has 2 nitrogen and oxygen atoms in total. The molecule has 1 aromatic heterocycles. The summed E-state index contributed by atoms with van der Waals surface area (Å²) in [4.78, 5) is 5.79. The summed E-state index contributed by atoms with van der Waals surface area (Å²) in [6, 6.07) is 0. The molecule has 0 bridgehead atoms. The molecule has 0 aromatic carbocycles. The Labute approximate surface area is 90.8 Å². The van der Waals surface area contributed by atoms with E-state index in [4.69, 9.17) is 0 Å². The maximum atomic E-state index is 4.40. The standard InChI is InChI=1S/C11H20N2S/c1-4-5-6-7-12-8-11-9(2)13-10(3)14-11/h12H,4-8H2,1-3H3. The highest BCUT2D eigenvalue weighted by Crippen LogP contribution is 2.16. The average Bonchev–Trinajstić information content (AvgIpc) is 2.45. The highest BCUT2D eigenvalue weighted by atomic mass is 32.1. The number of hydrogen-bond donors (Lipinski definition) is 1. The van der Waals surface area contributed by atoms with E-state index in [1.807, 2.05) is 0 Å². The van der Waals surface area contributed by atoms with Gasteiger partial charge in [-0.2, -0.15) is 0 Å². The molecule has 80 valence electrons. The second kappa shape index (κ2) is 6.14. The summed E-state index contributed by atoms with van der Waals surface area (Å²) in [5.41, 5.74) is 1.19. The molecular formula is C11H20N2S. The van der Waals surface area contributed by atoms with Crippen LogP contribution in [0.4, 0.5) is 0 Å². The Morgan fingerprint density at radius 1 is 1.29 bits per heavy atom. The summed E-state index contributed by atoms with van der Waals surface area (Å²) in [6.45, 7) is 8.51. The maximum absolute atomic E-state index is 4.40. The Balaban J connectivity index is 2.21. The Kier molecular flexibility index (Phi) is 5.12. The molecule has 3 heteroatoms. The number of nitrogens with one attached hydrogen (secondary N) is 1. The fraction of sp³-hybridized carbons (Fsp3) is 0.727. The highest BCUT2D eigenvalue weighted by molar-refractivity contribution is 7.11. The number of aryl methyl sites for hydroxylation is 2. The van der Waals surface area contributed by atoms with E-state index in [0.717, 1.165) is 13.1 Å². The van der Waals surface area contributed by atoms with Crippen LogP contribution in [0.2, 0.25) is 0 Å². The van der Waals surface area contributed by atoms with Gasteiger partial charge in [0, 0.05) is 11.4 Å². The van der Waals surface area contributed by atoms with E-state index in [1.54, 1.807) is 11.3 Å². The minimum Gasteiger partial charge on any atom is -0.312 e. The first-order valence-electron chi connectivity index (χ1n) is 5.37. The van der Waals surface area contributed by atoms with Gasteiger partial charge < -0.3 is 5.32 Å². The largest absolute Gasteiger partial charge is 0.312 e. The van der Waals surface area contributed by atoms with Gasteiger partial charge in [0.05, 0.1) is 10.7 Å². The molecule has 1 aromatic rings. The molecule has 0 atom stereocenters. The third-order valence-electron chi connectivity index (χ3n) is 2.24. The normalized spacial score (nSPS) is 10.8. The molecule has 0 aliphatic heterocycles. The van der Waals surface area contributed by atoms with Crippen molar-refractivity contribution in [2.45, 2.75) is 46.6 Å². The third-order valence-corrected chi connectivity index (χ3v) is 3.32. The molecule has 1 heterocycles. The van der Waals surface area contributed by atoms with Crippen molar-refractivity contribution >= 4 is 11.3 Å². The average molecular weight is 212 g/mol. The smallest absolute Gasteiger partial charge is 0.0900 e. The molecular weight excluding hydrogens is 192 g/mol. The lowest BCUT2D eigenvalue weighted by atomic mass is 10.2. The molecule has 0 radical (unpaired) electrons. The van der Waals surface area contributed by atoms with Crippen LogP contribution in [0.15, 0.2) is 0 Å². The van der Waals surface area contributed by atoms with Crippen molar-refractivity contribution in [1.82, 2.24) is 10.3 Å². The zero-order valence-corrected chi connectivity index (χ0v) is 10.2.